The van der Waals surface area contributed by atoms with Crippen molar-refractivity contribution in [3.8, 4) is 5.75 Å². The quantitative estimate of drug-likeness (QED) is 0.389. The van der Waals surface area contributed by atoms with E-state index in [1.165, 1.54) is 18.2 Å². The van der Waals surface area contributed by atoms with Crippen molar-refractivity contribution in [1.82, 2.24) is 4.57 Å². The molecule has 0 saturated heterocycles. The number of halogens is 1. The fraction of sp³-hybridized carbons (Fsp3) is 0.192. The molecule has 0 aliphatic heterocycles. The van der Waals surface area contributed by atoms with Gasteiger partial charge in [-0.2, -0.15) is 0 Å². The Hall–Kier alpha value is -3.44. The number of fused-ring (bicyclic) bond motifs is 1. The number of aromatic nitrogens is 1. The van der Waals surface area contributed by atoms with E-state index in [-0.39, 0.29) is 30.1 Å². The summed E-state index contributed by atoms with van der Waals surface area (Å²) in [4.78, 5) is 12.7. The predicted octanol–water partition coefficient (Wildman–Crippen LogP) is 5.04. The highest BCUT2D eigenvalue weighted by atomic mass is 19.1. The van der Waals surface area contributed by atoms with Crippen LogP contribution in [-0.2, 0) is 13.0 Å². The molecule has 31 heavy (non-hydrogen) atoms. The molecule has 0 bridgehead atoms. The molecule has 0 aliphatic rings. The molecule has 0 radical (unpaired) electrons. The van der Waals surface area contributed by atoms with E-state index in [2.05, 4.69) is 0 Å². The summed E-state index contributed by atoms with van der Waals surface area (Å²) in [5.41, 5.74) is 2.28. The van der Waals surface area contributed by atoms with Crippen LogP contribution in [0.3, 0.4) is 0 Å². The molecule has 4 aromatic rings. The van der Waals surface area contributed by atoms with Gasteiger partial charge in [0, 0.05) is 18.1 Å². The van der Waals surface area contributed by atoms with Crippen molar-refractivity contribution >= 4 is 16.7 Å². The van der Waals surface area contributed by atoms with Gasteiger partial charge in [-0.25, -0.2) is 4.39 Å². The molecule has 1 aromatic heterocycles. The van der Waals surface area contributed by atoms with Crippen LogP contribution in [0.4, 0.5) is 4.39 Å². The van der Waals surface area contributed by atoms with Crippen LogP contribution < -0.4 is 4.74 Å². The number of ether oxygens (including phenoxy) is 1. The maximum absolute atomic E-state index is 13.8. The monoisotopic (exact) mass is 417 g/mol. The molecule has 1 heterocycles. The van der Waals surface area contributed by atoms with Gasteiger partial charge >= 0.3 is 0 Å². The third-order valence-corrected chi connectivity index (χ3v) is 5.24. The average molecular weight is 417 g/mol. The van der Waals surface area contributed by atoms with Crippen LogP contribution in [0.5, 0.6) is 5.75 Å². The molecular weight excluding hydrogens is 393 g/mol. The highest BCUT2D eigenvalue weighted by Crippen LogP contribution is 2.23. The SMILES string of the molecule is O=C(CCc1ccccc1)c1cc(F)ccc1OCC(O)Cn1ccc2ccccc21. The number of carbonyl (C=O) groups excluding carboxylic acids is 1. The standard InChI is InChI=1S/C26H24FNO3/c27-21-11-13-26(23(16-21)25(30)12-10-19-6-2-1-3-7-19)31-18-22(29)17-28-15-14-20-8-4-5-9-24(20)28/h1-9,11,13-16,22,29H,10,12,17-18H2. The van der Waals surface area contributed by atoms with Crippen LogP contribution >= 0.6 is 0 Å². The lowest BCUT2D eigenvalue weighted by molar-refractivity contribution is 0.0895. The second kappa shape index (κ2) is 9.58. The molecule has 0 fully saturated rings. The minimum Gasteiger partial charge on any atom is -0.490 e. The fourth-order valence-corrected chi connectivity index (χ4v) is 3.65. The molecule has 1 atom stereocenters. The summed E-state index contributed by atoms with van der Waals surface area (Å²) in [6.07, 6.45) is 1.96. The van der Waals surface area contributed by atoms with Gasteiger partial charge in [0.15, 0.2) is 5.78 Å². The summed E-state index contributed by atoms with van der Waals surface area (Å²) in [5, 5.41) is 11.6. The third kappa shape index (κ3) is 5.19. The molecule has 1 N–H and O–H groups in total. The second-order valence-electron chi connectivity index (χ2n) is 7.54. The Morgan fingerprint density at radius 2 is 1.77 bits per heavy atom. The molecule has 4 rings (SSSR count). The van der Waals surface area contributed by atoms with Gasteiger partial charge in [0.25, 0.3) is 0 Å². The van der Waals surface area contributed by atoms with Crippen LogP contribution in [0.15, 0.2) is 85.1 Å². The Labute approximate surface area is 180 Å². The van der Waals surface area contributed by atoms with E-state index in [0.717, 1.165) is 16.5 Å². The summed E-state index contributed by atoms with van der Waals surface area (Å²) in [6, 6.07) is 23.5. The van der Waals surface area contributed by atoms with E-state index in [4.69, 9.17) is 4.74 Å². The maximum atomic E-state index is 13.8. The number of Topliss-reactive ketones (excluding diaryl/α,β-unsaturated/α-hetero) is 1. The van der Waals surface area contributed by atoms with E-state index < -0.39 is 11.9 Å². The van der Waals surface area contributed by atoms with E-state index in [0.29, 0.717) is 13.0 Å². The molecule has 0 amide bonds. The minimum atomic E-state index is -0.784. The lowest BCUT2D eigenvalue weighted by atomic mass is 10.0. The van der Waals surface area contributed by atoms with Crippen LogP contribution in [0.1, 0.15) is 22.3 Å². The largest absolute Gasteiger partial charge is 0.490 e. The first-order valence-electron chi connectivity index (χ1n) is 10.3. The van der Waals surface area contributed by atoms with E-state index in [1.807, 2.05) is 71.4 Å². The van der Waals surface area contributed by atoms with Crippen molar-refractivity contribution < 1.29 is 19.0 Å². The first kappa shape index (κ1) is 20.8. The highest BCUT2D eigenvalue weighted by molar-refractivity contribution is 5.98. The van der Waals surface area contributed by atoms with Gasteiger partial charge in [-0.05, 0) is 47.7 Å². The summed E-state index contributed by atoms with van der Waals surface area (Å²) in [5.74, 6) is -0.394. The number of aliphatic hydroxyl groups excluding tert-OH is 1. The normalized spacial score (nSPS) is 12.1. The van der Waals surface area contributed by atoms with Crippen molar-refractivity contribution in [1.29, 1.82) is 0 Å². The number of aryl methyl sites for hydroxylation is 1. The van der Waals surface area contributed by atoms with Gasteiger partial charge in [0.2, 0.25) is 0 Å². The van der Waals surface area contributed by atoms with Crippen LogP contribution in [0.2, 0.25) is 0 Å². The number of nitrogens with zero attached hydrogens (tertiary/aromatic N) is 1. The van der Waals surface area contributed by atoms with Crippen molar-refractivity contribution in [2.45, 2.75) is 25.5 Å². The van der Waals surface area contributed by atoms with Crippen molar-refractivity contribution in [2.24, 2.45) is 0 Å². The molecule has 1 unspecified atom stereocenters. The predicted molar refractivity (Wildman–Crippen MR) is 119 cm³/mol. The van der Waals surface area contributed by atoms with Gasteiger partial charge in [0.1, 0.15) is 24.3 Å². The van der Waals surface area contributed by atoms with Gasteiger partial charge in [-0.3, -0.25) is 4.79 Å². The molecule has 0 saturated carbocycles. The summed E-state index contributed by atoms with van der Waals surface area (Å²) in [6.45, 7) is 0.350. The van der Waals surface area contributed by atoms with Gasteiger partial charge in [-0.15, -0.1) is 0 Å². The second-order valence-corrected chi connectivity index (χ2v) is 7.54. The Balaban J connectivity index is 1.40. The number of benzene rings is 3. The summed E-state index contributed by atoms with van der Waals surface area (Å²) < 4.78 is 21.5. The summed E-state index contributed by atoms with van der Waals surface area (Å²) >= 11 is 0. The van der Waals surface area contributed by atoms with Crippen molar-refractivity contribution in [3.05, 3.63) is 102 Å². The lowest BCUT2D eigenvalue weighted by Crippen LogP contribution is -2.23. The fourth-order valence-electron chi connectivity index (χ4n) is 3.65. The zero-order chi connectivity index (χ0) is 21.6. The smallest absolute Gasteiger partial charge is 0.167 e. The minimum absolute atomic E-state index is 0.00287. The molecule has 0 aliphatic carbocycles. The molecule has 158 valence electrons. The number of para-hydroxylation sites is 1. The Kier molecular flexibility index (Phi) is 6.43. The zero-order valence-electron chi connectivity index (χ0n) is 17.1. The lowest BCUT2D eigenvalue weighted by Gasteiger charge is -2.16. The number of carbonyl (C=O) groups is 1. The Morgan fingerprint density at radius 1 is 1.00 bits per heavy atom. The first-order chi connectivity index (χ1) is 15.1. The van der Waals surface area contributed by atoms with E-state index >= 15 is 0 Å². The number of ketones is 1. The average Bonchev–Trinajstić information content (AvgIpc) is 3.20. The van der Waals surface area contributed by atoms with Gasteiger partial charge in [0.05, 0.1) is 12.1 Å². The Morgan fingerprint density at radius 3 is 2.61 bits per heavy atom. The molecule has 3 aromatic carbocycles. The highest BCUT2D eigenvalue weighted by Gasteiger charge is 2.16. The van der Waals surface area contributed by atoms with Gasteiger partial charge in [-0.1, -0.05) is 48.5 Å². The van der Waals surface area contributed by atoms with Crippen molar-refractivity contribution in [2.75, 3.05) is 6.61 Å². The molecule has 0 spiro atoms. The zero-order valence-corrected chi connectivity index (χ0v) is 17.1. The third-order valence-electron chi connectivity index (χ3n) is 5.24. The number of hydrogen-bond donors (Lipinski definition) is 1. The number of hydrogen-bond acceptors (Lipinski definition) is 3. The maximum Gasteiger partial charge on any atom is 0.167 e. The summed E-state index contributed by atoms with van der Waals surface area (Å²) in [7, 11) is 0. The Bertz CT molecular complexity index is 1170. The van der Waals surface area contributed by atoms with E-state index in [9.17, 15) is 14.3 Å². The molecule has 5 heteroatoms. The number of aliphatic hydroxyl groups is 1. The van der Waals surface area contributed by atoms with Gasteiger partial charge < -0.3 is 14.4 Å². The van der Waals surface area contributed by atoms with Crippen LogP contribution in [0, 0.1) is 5.82 Å². The van der Waals surface area contributed by atoms with Crippen molar-refractivity contribution in [3.63, 3.8) is 0 Å². The topological polar surface area (TPSA) is 51.5 Å². The van der Waals surface area contributed by atoms with Crippen LogP contribution in [-0.4, -0.2) is 28.2 Å². The van der Waals surface area contributed by atoms with Crippen LogP contribution in [0.25, 0.3) is 10.9 Å². The first-order valence-corrected chi connectivity index (χ1v) is 10.3. The van der Waals surface area contributed by atoms with E-state index in [1.54, 1.807) is 0 Å². The number of rotatable bonds is 9. The molecular formula is C26H24FNO3. The molecule has 4 nitrogen and oxygen atoms in total.